The highest BCUT2D eigenvalue weighted by Crippen LogP contribution is 2.37. The van der Waals surface area contributed by atoms with Crippen molar-refractivity contribution in [1.82, 2.24) is 4.90 Å². The topological polar surface area (TPSA) is 41.6 Å². The van der Waals surface area contributed by atoms with Crippen molar-refractivity contribution >= 4 is 29.2 Å². The highest BCUT2D eigenvalue weighted by molar-refractivity contribution is 6.42. The van der Waals surface area contributed by atoms with E-state index in [0.717, 1.165) is 12.0 Å². The second kappa shape index (κ2) is 5.22. The van der Waals surface area contributed by atoms with Gasteiger partial charge in [0.2, 0.25) is 0 Å². The first-order valence-electron chi connectivity index (χ1n) is 6.45. The highest BCUT2D eigenvalue weighted by atomic mass is 35.5. The molecule has 5 heteroatoms. The van der Waals surface area contributed by atoms with Crippen LogP contribution < -0.4 is 5.73 Å². The molecular weight excluding hydrogens is 281 g/mol. The molecule has 1 aliphatic rings. The van der Waals surface area contributed by atoms with E-state index in [-0.39, 0.29) is 5.54 Å². The molecule has 2 rings (SSSR count). The fraction of sp³-hybridized carbons (Fsp3) is 0.500. The predicted octanol–water partition coefficient (Wildman–Crippen LogP) is 3.64. The molecular formula is C14H19Cl2N3. The maximum atomic E-state index is 6.13. The fourth-order valence-electron chi connectivity index (χ4n) is 2.60. The van der Waals surface area contributed by atoms with Crippen molar-refractivity contribution in [2.45, 2.75) is 38.8 Å². The Morgan fingerprint density at radius 1 is 1.42 bits per heavy atom. The number of halogens is 2. The SMILES string of the molecule is CCC(C)N1C(N)=NCC1(C)c1ccc(Cl)c(Cl)c1. The van der Waals surface area contributed by atoms with Gasteiger partial charge in [0.25, 0.3) is 0 Å². The zero-order valence-corrected chi connectivity index (χ0v) is 13.0. The second-order valence-electron chi connectivity index (χ2n) is 5.20. The molecule has 2 unspecified atom stereocenters. The number of hydrogen-bond donors (Lipinski definition) is 1. The average Bonchev–Trinajstić information content (AvgIpc) is 2.69. The Hall–Kier alpha value is -0.930. The van der Waals surface area contributed by atoms with Crippen LogP contribution in [-0.4, -0.2) is 23.4 Å². The summed E-state index contributed by atoms with van der Waals surface area (Å²) in [6.07, 6.45) is 1.01. The van der Waals surface area contributed by atoms with Crippen LogP contribution in [0, 0.1) is 0 Å². The van der Waals surface area contributed by atoms with Gasteiger partial charge >= 0.3 is 0 Å². The monoisotopic (exact) mass is 299 g/mol. The molecule has 0 radical (unpaired) electrons. The first kappa shape index (κ1) is 14.5. The molecule has 19 heavy (non-hydrogen) atoms. The summed E-state index contributed by atoms with van der Waals surface area (Å²) in [6.45, 7) is 7.08. The third-order valence-electron chi connectivity index (χ3n) is 3.90. The van der Waals surface area contributed by atoms with Gasteiger partial charge in [-0.3, -0.25) is 4.99 Å². The maximum Gasteiger partial charge on any atom is 0.192 e. The van der Waals surface area contributed by atoms with Gasteiger partial charge in [0.05, 0.1) is 22.1 Å². The smallest absolute Gasteiger partial charge is 0.192 e. The standard InChI is InChI=1S/C14H19Cl2N3/c1-4-9(2)19-13(17)18-8-14(19,3)10-5-6-11(15)12(16)7-10/h5-7,9H,4,8H2,1-3H3,(H2,17,18). The summed E-state index contributed by atoms with van der Waals surface area (Å²) in [6, 6.07) is 6.06. The lowest BCUT2D eigenvalue weighted by Crippen LogP contribution is -2.51. The molecule has 104 valence electrons. The Morgan fingerprint density at radius 2 is 2.11 bits per heavy atom. The van der Waals surface area contributed by atoms with E-state index in [9.17, 15) is 0 Å². The molecule has 2 atom stereocenters. The molecule has 3 nitrogen and oxygen atoms in total. The van der Waals surface area contributed by atoms with Crippen LogP contribution in [0.15, 0.2) is 23.2 Å². The van der Waals surface area contributed by atoms with Gasteiger partial charge in [0.15, 0.2) is 5.96 Å². The number of rotatable bonds is 3. The zero-order chi connectivity index (χ0) is 14.2. The lowest BCUT2D eigenvalue weighted by Gasteiger charge is -2.40. The normalized spacial score (nSPS) is 24.5. The van der Waals surface area contributed by atoms with E-state index in [4.69, 9.17) is 28.9 Å². The van der Waals surface area contributed by atoms with Crippen LogP contribution in [-0.2, 0) is 5.54 Å². The summed E-state index contributed by atoms with van der Waals surface area (Å²) in [5.74, 6) is 0.600. The predicted molar refractivity (Wildman–Crippen MR) is 81.9 cm³/mol. The van der Waals surface area contributed by atoms with Crippen molar-refractivity contribution < 1.29 is 0 Å². The quantitative estimate of drug-likeness (QED) is 0.926. The Morgan fingerprint density at radius 3 is 2.68 bits per heavy atom. The minimum atomic E-state index is -0.256. The van der Waals surface area contributed by atoms with Gasteiger partial charge in [-0.05, 0) is 38.0 Å². The van der Waals surface area contributed by atoms with E-state index in [0.29, 0.717) is 28.6 Å². The Kier molecular flexibility index (Phi) is 3.98. The third kappa shape index (κ3) is 2.41. The van der Waals surface area contributed by atoms with Crippen molar-refractivity contribution in [3.05, 3.63) is 33.8 Å². The van der Waals surface area contributed by atoms with E-state index >= 15 is 0 Å². The van der Waals surface area contributed by atoms with Crippen LogP contribution in [0.4, 0.5) is 0 Å². The van der Waals surface area contributed by atoms with Gasteiger partial charge in [-0.1, -0.05) is 36.2 Å². The Labute approximate surface area is 124 Å². The van der Waals surface area contributed by atoms with Gasteiger partial charge in [-0.2, -0.15) is 0 Å². The van der Waals surface area contributed by atoms with Crippen LogP contribution in [0.2, 0.25) is 10.0 Å². The van der Waals surface area contributed by atoms with E-state index in [1.165, 1.54) is 0 Å². The number of nitrogens with two attached hydrogens (primary N) is 1. The number of aliphatic imine (C=N–C) groups is 1. The molecule has 0 spiro atoms. The van der Waals surface area contributed by atoms with E-state index in [2.05, 4.69) is 30.7 Å². The van der Waals surface area contributed by atoms with Crippen LogP contribution in [0.5, 0.6) is 0 Å². The highest BCUT2D eigenvalue weighted by Gasteiger charge is 2.41. The second-order valence-corrected chi connectivity index (χ2v) is 6.02. The molecule has 0 saturated carbocycles. The Bertz CT molecular complexity index is 515. The molecule has 0 bridgehead atoms. The van der Waals surface area contributed by atoms with Gasteiger partial charge < -0.3 is 10.6 Å². The minimum Gasteiger partial charge on any atom is -0.370 e. The summed E-state index contributed by atoms with van der Waals surface area (Å²) in [5, 5.41) is 1.13. The molecule has 1 heterocycles. The molecule has 1 aromatic carbocycles. The lowest BCUT2D eigenvalue weighted by molar-refractivity contribution is 0.171. The van der Waals surface area contributed by atoms with Crippen LogP contribution in [0.25, 0.3) is 0 Å². The molecule has 1 aliphatic heterocycles. The van der Waals surface area contributed by atoms with Gasteiger partial charge in [-0.15, -0.1) is 0 Å². The third-order valence-corrected chi connectivity index (χ3v) is 4.64. The number of nitrogens with zero attached hydrogens (tertiary/aromatic N) is 2. The summed E-state index contributed by atoms with van der Waals surface area (Å²) in [7, 11) is 0. The Balaban J connectivity index is 2.43. The number of hydrogen-bond acceptors (Lipinski definition) is 3. The summed E-state index contributed by atoms with van der Waals surface area (Å²) in [4.78, 5) is 6.59. The van der Waals surface area contributed by atoms with Crippen LogP contribution >= 0.6 is 23.2 Å². The molecule has 1 aromatic rings. The van der Waals surface area contributed by atoms with Crippen molar-refractivity contribution in [2.75, 3.05) is 6.54 Å². The van der Waals surface area contributed by atoms with Crippen molar-refractivity contribution in [2.24, 2.45) is 10.7 Å². The van der Waals surface area contributed by atoms with Gasteiger partial charge in [0, 0.05) is 6.04 Å². The van der Waals surface area contributed by atoms with Crippen molar-refractivity contribution in [1.29, 1.82) is 0 Å². The van der Waals surface area contributed by atoms with Crippen LogP contribution in [0.1, 0.15) is 32.8 Å². The fourth-order valence-corrected chi connectivity index (χ4v) is 2.89. The average molecular weight is 300 g/mol. The molecule has 0 aliphatic carbocycles. The summed E-state index contributed by atoms with van der Waals surface area (Å²) in [5.41, 5.74) is 6.89. The molecule has 0 aromatic heterocycles. The molecule has 0 fully saturated rings. The van der Waals surface area contributed by atoms with Crippen molar-refractivity contribution in [3.63, 3.8) is 0 Å². The largest absolute Gasteiger partial charge is 0.370 e. The number of guanidine groups is 1. The first-order chi connectivity index (χ1) is 8.90. The molecule has 0 saturated heterocycles. The lowest BCUT2D eigenvalue weighted by atomic mass is 9.89. The van der Waals surface area contributed by atoms with Gasteiger partial charge in [-0.25, -0.2) is 0 Å². The van der Waals surface area contributed by atoms with E-state index in [1.54, 1.807) is 0 Å². The van der Waals surface area contributed by atoms with Crippen LogP contribution in [0.3, 0.4) is 0 Å². The van der Waals surface area contributed by atoms with Gasteiger partial charge in [0.1, 0.15) is 0 Å². The maximum absolute atomic E-state index is 6.13. The minimum absolute atomic E-state index is 0.256. The first-order valence-corrected chi connectivity index (χ1v) is 7.20. The van der Waals surface area contributed by atoms with E-state index in [1.807, 2.05) is 18.2 Å². The summed E-state index contributed by atoms with van der Waals surface area (Å²) < 4.78 is 0. The summed E-state index contributed by atoms with van der Waals surface area (Å²) >= 11 is 12.1. The zero-order valence-electron chi connectivity index (χ0n) is 11.5. The molecule has 0 amide bonds. The number of benzene rings is 1. The molecule has 2 N–H and O–H groups in total. The van der Waals surface area contributed by atoms with E-state index < -0.39 is 0 Å². The van der Waals surface area contributed by atoms with Crippen molar-refractivity contribution in [3.8, 4) is 0 Å².